The number of pyridine rings is 1. The standard InChI is InChI=1S/C17H22N2/c1-4-13-5-8-17(18-11-13)19-15-6-7-16(19)10-14(9-15)12(2)3/h1,5,8,11-12,14-16H,6-7,9-10H2,2-3H3/t14?,15-,16?/m1/s1. The highest BCUT2D eigenvalue weighted by atomic mass is 15.3. The molecule has 0 aromatic carbocycles. The second-order valence-electron chi connectivity index (χ2n) is 6.32. The number of anilines is 1. The molecule has 3 atom stereocenters. The van der Waals surface area contributed by atoms with Gasteiger partial charge in [0.2, 0.25) is 0 Å². The van der Waals surface area contributed by atoms with Crippen LogP contribution in [0.15, 0.2) is 18.3 Å². The van der Waals surface area contributed by atoms with Gasteiger partial charge in [0.25, 0.3) is 0 Å². The average molecular weight is 254 g/mol. The van der Waals surface area contributed by atoms with Crippen molar-refractivity contribution >= 4 is 5.82 Å². The number of fused-ring (bicyclic) bond motifs is 2. The maximum absolute atomic E-state index is 5.39. The molecule has 2 saturated heterocycles. The Morgan fingerprint density at radius 3 is 2.42 bits per heavy atom. The summed E-state index contributed by atoms with van der Waals surface area (Å²) in [5, 5.41) is 0. The van der Waals surface area contributed by atoms with E-state index in [2.05, 4.69) is 35.7 Å². The molecule has 3 heterocycles. The van der Waals surface area contributed by atoms with Gasteiger partial charge in [0.1, 0.15) is 5.82 Å². The summed E-state index contributed by atoms with van der Waals surface area (Å²) in [6, 6.07) is 5.48. The van der Waals surface area contributed by atoms with E-state index in [1.807, 2.05) is 12.3 Å². The third-order valence-electron chi connectivity index (χ3n) is 4.89. The van der Waals surface area contributed by atoms with Gasteiger partial charge >= 0.3 is 0 Å². The van der Waals surface area contributed by atoms with Crippen molar-refractivity contribution in [2.75, 3.05) is 4.90 Å². The Morgan fingerprint density at radius 1 is 1.26 bits per heavy atom. The van der Waals surface area contributed by atoms with E-state index in [1.165, 1.54) is 25.7 Å². The smallest absolute Gasteiger partial charge is 0.129 e. The predicted molar refractivity (Wildman–Crippen MR) is 79.0 cm³/mol. The van der Waals surface area contributed by atoms with Crippen molar-refractivity contribution in [1.29, 1.82) is 0 Å². The van der Waals surface area contributed by atoms with E-state index in [0.29, 0.717) is 12.1 Å². The highest BCUT2D eigenvalue weighted by Crippen LogP contribution is 2.43. The van der Waals surface area contributed by atoms with Gasteiger partial charge in [-0.25, -0.2) is 4.98 Å². The fourth-order valence-corrected chi connectivity index (χ4v) is 3.76. The molecule has 2 heteroatoms. The summed E-state index contributed by atoms with van der Waals surface area (Å²) in [4.78, 5) is 7.12. The van der Waals surface area contributed by atoms with Gasteiger partial charge in [-0.15, -0.1) is 6.42 Å². The maximum Gasteiger partial charge on any atom is 0.129 e. The van der Waals surface area contributed by atoms with Crippen molar-refractivity contribution in [3.8, 4) is 12.3 Å². The lowest BCUT2D eigenvalue weighted by Gasteiger charge is -2.41. The first-order chi connectivity index (χ1) is 9.19. The zero-order chi connectivity index (χ0) is 13.4. The van der Waals surface area contributed by atoms with Crippen LogP contribution in [0.1, 0.15) is 45.1 Å². The molecule has 2 unspecified atom stereocenters. The fraction of sp³-hybridized carbons (Fsp3) is 0.588. The van der Waals surface area contributed by atoms with Crippen LogP contribution in [0, 0.1) is 24.2 Å². The van der Waals surface area contributed by atoms with Crippen molar-refractivity contribution in [3.63, 3.8) is 0 Å². The van der Waals surface area contributed by atoms with Crippen LogP contribution in [0.25, 0.3) is 0 Å². The number of piperidine rings is 1. The van der Waals surface area contributed by atoms with Crippen molar-refractivity contribution < 1.29 is 0 Å². The molecule has 0 amide bonds. The zero-order valence-electron chi connectivity index (χ0n) is 11.8. The topological polar surface area (TPSA) is 16.1 Å². The van der Waals surface area contributed by atoms with E-state index >= 15 is 0 Å². The summed E-state index contributed by atoms with van der Waals surface area (Å²) in [6.45, 7) is 4.72. The van der Waals surface area contributed by atoms with Gasteiger partial charge in [-0.2, -0.15) is 0 Å². The van der Waals surface area contributed by atoms with Crippen LogP contribution in [-0.4, -0.2) is 17.1 Å². The third kappa shape index (κ3) is 2.23. The van der Waals surface area contributed by atoms with Crippen LogP contribution >= 0.6 is 0 Å². The largest absolute Gasteiger partial charge is 0.351 e. The minimum atomic E-state index is 0.690. The normalized spacial score (nSPS) is 29.6. The molecule has 2 fully saturated rings. The van der Waals surface area contributed by atoms with Gasteiger partial charge in [0.05, 0.1) is 0 Å². The maximum atomic E-state index is 5.39. The Morgan fingerprint density at radius 2 is 1.95 bits per heavy atom. The lowest BCUT2D eigenvalue weighted by atomic mass is 9.82. The lowest BCUT2D eigenvalue weighted by Crippen LogP contribution is -2.44. The Hall–Kier alpha value is -1.49. The number of rotatable bonds is 2. The Labute approximate surface area is 116 Å². The van der Waals surface area contributed by atoms with Crippen molar-refractivity contribution in [2.24, 2.45) is 11.8 Å². The fourth-order valence-electron chi connectivity index (χ4n) is 3.76. The van der Waals surface area contributed by atoms with Gasteiger partial charge in [0.15, 0.2) is 0 Å². The summed E-state index contributed by atoms with van der Waals surface area (Å²) in [7, 11) is 0. The number of aromatic nitrogens is 1. The lowest BCUT2D eigenvalue weighted by molar-refractivity contribution is 0.267. The molecule has 1 aromatic heterocycles. The van der Waals surface area contributed by atoms with Gasteiger partial charge in [-0.3, -0.25) is 0 Å². The molecule has 0 spiro atoms. The van der Waals surface area contributed by atoms with E-state index in [9.17, 15) is 0 Å². The molecule has 0 saturated carbocycles. The van der Waals surface area contributed by atoms with E-state index in [4.69, 9.17) is 6.42 Å². The van der Waals surface area contributed by atoms with E-state index < -0.39 is 0 Å². The van der Waals surface area contributed by atoms with Crippen LogP contribution < -0.4 is 4.90 Å². The van der Waals surface area contributed by atoms with Crippen LogP contribution in [-0.2, 0) is 0 Å². The SMILES string of the molecule is C#Cc1ccc(N2C3CC[C@@H]2CC(C(C)C)C3)nc1. The van der Waals surface area contributed by atoms with E-state index in [0.717, 1.165) is 23.2 Å². The molecule has 2 bridgehead atoms. The highest BCUT2D eigenvalue weighted by Gasteiger charge is 2.41. The second kappa shape index (κ2) is 4.89. The Bertz CT molecular complexity index is 469. The average Bonchev–Trinajstić information content (AvgIpc) is 2.68. The van der Waals surface area contributed by atoms with Gasteiger partial charge in [-0.05, 0) is 49.7 Å². The molecular formula is C17H22N2. The monoisotopic (exact) mass is 254 g/mol. The second-order valence-corrected chi connectivity index (χ2v) is 6.32. The van der Waals surface area contributed by atoms with E-state index in [-0.39, 0.29) is 0 Å². The first-order valence-corrected chi connectivity index (χ1v) is 7.40. The highest BCUT2D eigenvalue weighted by molar-refractivity contribution is 5.46. The molecule has 100 valence electrons. The summed E-state index contributed by atoms with van der Waals surface area (Å²) >= 11 is 0. The summed E-state index contributed by atoms with van der Waals surface area (Å²) in [5.74, 6) is 5.45. The third-order valence-corrected chi connectivity index (χ3v) is 4.89. The number of terminal acetylenes is 1. The zero-order valence-corrected chi connectivity index (χ0v) is 11.8. The summed E-state index contributed by atoms with van der Waals surface area (Å²) in [5.41, 5.74) is 0.869. The molecule has 0 aliphatic carbocycles. The minimum Gasteiger partial charge on any atom is -0.351 e. The van der Waals surface area contributed by atoms with Crippen LogP contribution in [0.5, 0.6) is 0 Å². The van der Waals surface area contributed by atoms with Gasteiger partial charge in [0, 0.05) is 23.8 Å². The summed E-state index contributed by atoms with van der Waals surface area (Å²) < 4.78 is 0. The van der Waals surface area contributed by atoms with Crippen molar-refractivity contribution in [3.05, 3.63) is 23.9 Å². The first kappa shape index (κ1) is 12.5. The first-order valence-electron chi connectivity index (χ1n) is 7.40. The number of nitrogens with zero attached hydrogens (tertiary/aromatic N) is 2. The summed E-state index contributed by atoms with van der Waals surface area (Å²) in [6.07, 6.45) is 12.5. The number of hydrogen-bond donors (Lipinski definition) is 0. The molecule has 2 aliphatic rings. The Kier molecular flexibility index (Phi) is 3.22. The van der Waals surface area contributed by atoms with Crippen LogP contribution in [0.3, 0.4) is 0 Å². The molecule has 2 nitrogen and oxygen atoms in total. The van der Waals surface area contributed by atoms with E-state index in [1.54, 1.807) is 0 Å². The quantitative estimate of drug-likeness (QED) is 0.751. The van der Waals surface area contributed by atoms with Crippen LogP contribution in [0.2, 0.25) is 0 Å². The molecule has 19 heavy (non-hydrogen) atoms. The molecule has 0 N–H and O–H groups in total. The predicted octanol–water partition coefficient (Wildman–Crippen LogP) is 3.47. The van der Waals surface area contributed by atoms with Crippen molar-refractivity contribution in [2.45, 2.75) is 51.6 Å². The Balaban J connectivity index is 1.81. The molecule has 1 aromatic rings. The molecule has 0 radical (unpaired) electrons. The number of hydrogen-bond acceptors (Lipinski definition) is 2. The van der Waals surface area contributed by atoms with Gasteiger partial charge in [-0.1, -0.05) is 19.8 Å². The molecule has 3 rings (SSSR count). The van der Waals surface area contributed by atoms with Gasteiger partial charge < -0.3 is 4.90 Å². The van der Waals surface area contributed by atoms with Crippen molar-refractivity contribution in [1.82, 2.24) is 4.98 Å². The minimum absolute atomic E-state index is 0.690. The van der Waals surface area contributed by atoms with Crippen LogP contribution in [0.4, 0.5) is 5.82 Å². The molecule has 2 aliphatic heterocycles. The molecular weight excluding hydrogens is 232 g/mol.